The topological polar surface area (TPSA) is 243 Å². The van der Waals surface area contributed by atoms with E-state index in [1.807, 2.05) is 62.4 Å². The first kappa shape index (κ1) is 94.3. The highest BCUT2D eigenvalue weighted by atomic mass is 79.9. The Hall–Kier alpha value is -7.67. The van der Waals surface area contributed by atoms with Crippen molar-refractivity contribution in [1.29, 1.82) is 0 Å². The summed E-state index contributed by atoms with van der Waals surface area (Å²) in [4.78, 5) is 100. The molecule has 0 spiro atoms. The predicted molar refractivity (Wildman–Crippen MR) is 424 cm³/mol. The fourth-order valence-electron chi connectivity index (χ4n) is 8.49. The number of amides is 2. The number of rotatable bonds is 17. The molecular weight excluding hydrogens is 1390 g/mol. The number of halogens is 1. The number of piperidine rings is 1. The molecule has 3 fully saturated rings. The molecule has 3 aliphatic heterocycles. The van der Waals surface area contributed by atoms with E-state index in [2.05, 4.69) is 169 Å². The molecule has 22 heteroatoms. The van der Waals surface area contributed by atoms with Gasteiger partial charge in [0.1, 0.15) is 28.9 Å². The molecule has 10 rings (SSSR count). The van der Waals surface area contributed by atoms with Crippen LogP contribution in [-0.4, -0.2) is 170 Å². The van der Waals surface area contributed by atoms with Gasteiger partial charge in [-0.1, -0.05) is 153 Å². The van der Waals surface area contributed by atoms with Gasteiger partial charge in [0.2, 0.25) is 11.8 Å². The molecule has 7 aromatic rings. The molecule has 5 aromatic carbocycles. The zero-order valence-electron chi connectivity index (χ0n) is 63.2. The lowest BCUT2D eigenvalue weighted by atomic mass is 10.0. The number of carbonyl (C=O) groups is 7. The monoisotopic (exact) mass is 1510 g/mol. The first-order chi connectivity index (χ1) is 48.6. The van der Waals surface area contributed by atoms with E-state index in [1.54, 1.807) is 69.7 Å². The van der Waals surface area contributed by atoms with Gasteiger partial charge in [-0.2, -0.15) is 0 Å². The summed E-state index contributed by atoms with van der Waals surface area (Å²) in [5.74, 6) is 0.836. The number of likely N-dealkylation sites (tertiary alicyclic amines) is 1. The Balaban J connectivity index is 0.00000111. The number of Topliss-reactive ketones (excluding diaryl/α,β-unsaturated/α-hetero) is 5. The maximum absolute atomic E-state index is 10.7. The minimum absolute atomic E-state index is 0.0543. The van der Waals surface area contributed by atoms with Crippen LogP contribution in [0.4, 0.5) is 5.69 Å². The van der Waals surface area contributed by atoms with Gasteiger partial charge in [-0.05, 0) is 132 Å². The Bertz CT molecular complexity index is 3080. The summed E-state index contributed by atoms with van der Waals surface area (Å²) < 4.78 is 6.32. The first-order valence-corrected chi connectivity index (χ1v) is 37.3. The van der Waals surface area contributed by atoms with Gasteiger partial charge in [0.15, 0.2) is 0 Å². The van der Waals surface area contributed by atoms with Crippen LogP contribution in [0.25, 0.3) is 11.1 Å². The molecule has 3 saturated heterocycles. The normalized spacial score (nSPS) is 12.7. The molecule has 0 unspecified atom stereocenters. The minimum atomic E-state index is -0.403. The van der Waals surface area contributed by atoms with Crippen molar-refractivity contribution >= 4 is 85.0 Å². The first-order valence-electron chi connectivity index (χ1n) is 34.7. The van der Waals surface area contributed by atoms with Crippen molar-refractivity contribution in [3.05, 3.63) is 203 Å². The smallest absolute Gasteiger partial charge is 0.269 e. The highest BCUT2D eigenvalue weighted by Crippen LogP contribution is 2.19. The number of nitro groups is 1. The number of piperazine rings is 1. The van der Waals surface area contributed by atoms with Gasteiger partial charge in [0.25, 0.3) is 5.69 Å². The van der Waals surface area contributed by atoms with Crippen LogP contribution in [0.5, 0.6) is 0 Å². The largest absolute Gasteiger partial charge is 0.379 e. The Morgan fingerprint density at radius 2 is 0.794 bits per heavy atom. The molecule has 0 atom stereocenters. The third-order valence-corrected chi connectivity index (χ3v) is 16.7. The van der Waals surface area contributed by atoms with Gasteiger partial charge in [0, 0.05) is 157 Å². The molecule has 3 N–H and O–H groups in total. The van der Waals surface area contributed by atoms with Crippen LogP contribution >= 0.6 is 38.6 Å². The molecule has 2 aromatic heterocycles. The third-order valence-electron chi connectivity index (χ3n) is 14.8. The van der Waals surface area contributed by atoms with Gasteiger partial charge in [-0.15, -0.1) is 22.7 Å². The van der Waals surface area contributed by atoms with Crippen molar-refractivity contribution in [2.75, 3.05) is 99.3 Å². The molecule has 0 bridgehead atoms. The van der Waals surface area contributed by atoms with Crippen LogP contribution in [0, 0.1) is 58.6 Å². The van der Waals surface area contributed by atoms with Crippen LogP contribution in [0.2, 0.25) is 0 Å². The number of nitro benzene ring substituents is 1. The number of nitrogens with one attached hydrogen (secondary N) is 3. The van der Waals surface area contributed by atoms with Crippen molar-refractivity contribution < 1.29 is 43.2 Å². The van der Waals surface area contributed by atoms with Crippen molar-refractivity contribution in [2.24, 2.45) is 0 Å². The highest BCUT2D eigenvalue weighted by molar-refractivity contribution is 9.10. The number of carbonyl (C=O) groups excluding carboxylic acids is 7. The molecule has 560 valence electrons. The summed E-state index contributed by atoms with van der Waals surface area (Å²) in [5, 5.41) is 18.3. The van der Waals surface area contributed by atoms with Crippen molar-refractivity contribution in [3.63, 3.8) is 0 Å². The summed E-state index contributed by atoms with van der Waals surface area (Å²) in [5.41, 5.74) is 12.7. The third kappa shape index (κ3) is 57.9. The second-order valence-corrected chi connectivity index (χ2v) is 27.7. The SMILES string of the molecule is CC(=O)CCN1CCCCC1.CC(=O)CCN1CCNCC1.CC(=O)CCN1CCOCC1.CNC(=O)CCC(C)=O.CNC(=O)CCC(C)=O.Cc1ccc(-c2ccccc2)cc1.Cc1ccc(Br)cc1.Cc1ccc(C)cc1.Cc1ccc([N+](=O)[O-])cc1.Cc1cncs1.Cc1cncs1. The van der Waals surface area contributed by atoms with Crippen molar-refractivity contribution in [2.45, 2.75) is 147 Å². The molecule has 5 heterocycles. The minimum Gasteiger partial charge on any atom is -0.379 e. The Kier molecular flexibility index (Phi) is 56.3. The number of benzene rings is 5. The molecule has 0 aliphatic carbocycles. The number of hydrogen-bond acceptors (Lipinski definition) is 18. The van der Waals surface area contributed by atoms with E-state index >= 15 is 0 Å². The zero-order valence-corrected chi connectivity index (χ0v) is 66.4. The van der Waals surface area contributed by atoms with Crippen molar-refractivity contribution in [1.82, 2.24) is 40.6 Å². The summed E-state index contributed by atoms with van der Waals surface area (Å²) in [6.45, 7) is 35.4. The summed E-state index contributed by atoms with van der Waals surface area (Å²) in [6.07, 6.45) is 11.2. The standard InChI is InChI=1S/C13H12.C9H17NO.C8H16N2O.C8H15NO2.C8H10.C7H7Br.C7H7NO2.2C6H11NO2.2C4H5NS/c1-11-7-9-13(10-8-11)12-5-3-2-4-6-12;1-9(11)5-8-10-6-3-2-4-7-10;1-8(11)2-5-10-6-3-9-4-7-10;1-8(10)2-3-9-4-6-11-7-5-9;1-7-3-5-8(2)6-4-7;1-6-2-4-7(8)5-3-6;1-6-2-4-7(5-3-6)8(9)10;2*1-5(8)3-4-6(9)7-2;2*1-4-2-5-3-6-4/h2-10H,1H3;2-8H2,1H3;9H,2-7H2,1H3;2-7H2,1H3;3-6H,1-2H3;2-5H,1H3;2-5H,1H3;2*3-4H2,1-2H3,(H,7,9);2*2-3H,1H3. The lowest BCUT2D eigenvalue weighted by Gasteiger charge is -2.26. The van der Waals surface area contributed by atoms with E-state index < -0.39 is 4.92 Å². The molecule has 0 saturated carbocycles. The second kappa shape index (κ2) is 60.9. The van der Waals surface area contributed by atoms with Crippen LogP contribution in [0.3, 0.4) is 0 Å². The molecule has 0 radical (unpaired) electrons. The molecule has 3 aliphatic rings. The van der Waals surface area contributed by atoms with E-state index in [1.165, 1.54) is 101 Å². The van der Waals surface area contributed by atoms with Gasteiger partial charge >= 0.3 is 0 Å². The number of non-ortho nitro benzene ring substituents is 1. The summed E-state index contributed by atoms with van der Waals surface area (Å²) >= 11 is 6.68. The van der Waals surface area contributed by atoms with E-state index in [9.17, 15) is 43.7 Å². The number of nitrogens with zero attached hydrogens (tertiary/aromatic N) is 6. The lowest BCUT2D eigenvalue weighted by molar-refractivity contribution is -0.384. The maximum atomic E-state index is 10.7. The fraction of sp³-hybridized carbons (Fsp3) is 0.463. The van der Waals surface area contributed by atoms with Gasteiger partial charge < -0.3 is 40.1 Å². The Labute approximate surface area is 625 Å². The van der Waals surface area contributed by atoms with Crippen LogP contribution in [-0.2, 0) is 38.3 Å². The number of aromatic nitrogens is 2. The molecule has 2 amide bonds. The molecular formula is C80H116BrN9O10S2. The quantitative estimate of drug-likeness (QED) is 0.0567. The van der Waals surface area contributed by atoms with Gasteiger partial charge in [-0.3, -0.25) is 49.0 Å². The molecule has 102 heavy (non-hydrogen) atoms. The zero-order chi connectivity index (χ0) is 76.3. The van der Waals surface area contributed by atoms with E-state index in [0.717, 1.165) is 88.6 Å². The number of aryl methyl sites for hydroxylation is 7. The predicted octanol–water partition coefficient (Wildman–Crippen LogP) is 15.4. The number of thiazole rings is 2. The Morgan fingerprint density at radius 1 is 0.461 bits per heavy atom. The number of hydrogen-bond donors (Lipinski definition) is 3. The van der Waals surface area contributed by atoms with E-state index in [4.69, 9.17) is 4.74 Å². The Morgan fingerprint density at radius 3 is 1.11 bits per heavy atom. The van der Waals surface area contributed by atoms with Gasteiger partial charge in [-0.25, -0.2) is 0 Å². The van der Waals surface area contributed by atoms with Crippen molar-refractivity contribution in [3.8, 4) is 11.1 Å². The number of ketones is 5. The van der Waals surface area contributed by atoms with E-state index in [0.29, 0.717) is 50.1 Å². The average molecular weight is 1510 g/mol. The van der Waals surface area contributed by atoms with E-state index in [-0.39, 0.29) is 34.9 Å². The summed E-state index contributed by atoms with van der Waals surface area (Å²) in [6, 6.07) is 42.2. The van der Waals surface area contributed by atoms with Crippen LogP contribution < -0.4 is 16.0 Å². The van der Waals surface area contributed by atoms with Crippen LogP contribution in [0.1, 0.15) is 136 Å². The summed E-state index contributed by atoms with van der Waals surface area (Å²) in [7, 11) is 3.12. The maximum Gasteiger partial charge on any atom is 0.269 e. The van der Waals surface area contributed by atoms with Crippen LogP contribution in [0.15, 0.2) is 155 Å². The lowest BCUT2D eigenvalue weighted by Crippen LogP contribution is -2.44. The second-order valence-electron chi connectivity index (χ2n) is 24.6. The average Bonchev–Trinajstić information content (AvgIpc) is 1.16. The number of morpholine rings is 1. The highest BCUT2D eigenvalue weighted by Gasteiger charge is 2.12. The number of ether oxygens (including phenoxy) is 1. The molecule has 19 nitrogen and oxygen atoms in total. The van der Waals surface area contributed by atoms with Gasteiger partial charge in [0.05, 0.1) is 29.2 Å². The fourth-order valence-corrected chi connectivity index (χ4v) is 9.57.